The van der Waals surface area contributed by atoms with Crippen molar-refractivity contribution in [1.82, 2.24) is 29.9 Å². The van der Waals surface area contributed by atoms with Crippen LogP contribution in [0.25, 0.3) is 5.69 Å². The molecular formula is C16H14F2N6O2. The van der Waals surface area contributed by atoms with E-state index < -0.39 is 17.9 Å². The fourth-order valence-electron chi connectivity index (χ4n) is 2.74. The Morgan fingerprint density at radius 1 is 1.35 bits per heavy atom. The van der Waals surface area contributed by atoms with Gasteiger partial charge in [0.1, 0.15) is 23.9 Å². The van der Waals surface area contributed by atoms with Gasteiger partial charge in [-0.05, 0) is 6.42 Å². The Labute approximate surface area is 146 Å². The maximum atomic E-state index is 14.3. The Hall–Kier alpha value is -3.17. The minimum atomic E-state index is -1.01. The SMILES string of the molecule is O=C(c1coc(Cc2ncc(-n3nccn3)cc2F)n1)N1CCC(F)C1. The number of alkyl halides is 1. The molecule has 4 heterocycles. The van der Waals surface area contributed by atoms with Gasteiger partial charge in [0.05, 0.1) is 37.3 Å². The van der Waals surface area contributed by atoms with E-state index in [1.54, 1.807) is 0 Å². The number of pyridine rings is 1. The molecule has 1 amide bonds. The van der Waals surface area contributed by atoms with Crippen molar-refractivity contribution in [1.29, 1.82) is 0 Å². The van der Waals surface area contributed by atoms with Gasteiger partial charge in [0.15, 0.2) is 5.69 Å². The number of oxazole rings is 1. The van der Waals surface area contributed by atoms with E-state index in [-0.39, 0.29) is 30.2 Å². The van der Waals surface area contributed by atoms with Gasteiger partial charge in [0.25, 0.3) is 5.91 Å². The highest BCUT2D eigenvalue weighted by Gasteiger charge is 2.28. The molecule has 1 aliphatic heterocycles. The van der Waals surface area contributed by atoms with E-state index in [1.807, 2.05) is 0 Å². The number of hydrogen-bond acceptors (Lipinski definition) is 6. The second-order valence-electron chi connectivity index (χ2n) is 5.88. The molecule has 134 valence electrons. The topological polar surface area (TPSA) is 89.9 Å². The smallest absolute Gasteiger partial charge is 0.275 e. The van der Waals surface area contributed by atoms with Gasteiger partial charge in [0.2, 0.25) is 5.89 Å². The number of halogens is 2. The van der Waals surface area contributed by atoms with Gasteiger partial charge in [-0.25, -0.2) is 13.8 Å². The van der Waals surface area contributed by atoms with Crippen LogP contribution in [0.3, 0.4) is 0 Å². The zero-order chi connectivity index (χ0) is 18.1. The molecule has 10 heteroatoms. The van der Waals surface area contributed by atoms with Crippen molar-refractivity contribution in [3.63, 3.8) is 0 Å². The molecule has 0 saturated carbocycles. The average Bonchev–Trinajstić information content (AvgIpc) is 3.37. The number of aromatic nitrogens is 5. The molecular weight excluding hydrogens is 346 g/mol. The summed E-state index contributed by atoms with van der Waals surface area (Å²) in [5.41, 5.74) is 0.577. The van der Waals surface area contributed by atoms with E-state index in [2.05, 4.69) is 20.2 Å². The third-order valence-corrected chi connectivity index (χ3v) is 4.06. The van der Waals surface area contributed by atoms with Crippen LogP contribution in [0, 0.1) is 5.82 Å². The summed E-state index contributed by atoms with van der Waals surface area (Å²) in [6.07, 6.45) is 4.88. The number of rotatable bonds is 4. The predicted molar refractivity (Wildman–Crippen MR) is 83.8 cm³/mol. The summed E-state index contributed by atoms with van der Waals surface area (Å²) in [7, 11) is 0. The summed E-state index contributed by atoms with van der Waals surface area (Å²) in [4.78, 5) is 23.0. The van der Waals surface area contributed by atoms with Crippen LogP contribution in [-0.4, -0.2) is 55.0 Å². The van der Waals surface area contributed by atoms with Gasteiger partial charge in [0, 0.05) is 12.6 Å². The van der Waals surface area contributed by atoms with Gasteiger partial charge in [-0.15, -0.1) is 4.80 Å². The first kappa shape index (κ1) is 16.3. The zero-order valence-electron chi connectivity index (χ0n) is 13.5. The highest BCUT2D eigenvalue weighted by atomic mass is 19.1. The number of carbonyl (C=O) groups is 1. The maximum Gasteiger partial charge on any atom is 0.275 e. The number of likely N-dealkylation sites (tertiary alicyclic amines) is 1. The first-order valence-corrected chi connectivity index (χ1v) is 7.99. The first-order chi connectivity index (χ1) is 12.6. The van der Waals surface area contributed by atoms with E-state index >= 15 is 0 Å². The van der Waals surface area contributed by atoms with Crippen molar-refractivity contribution in [2.75, 3.05) is 13.1 Å². The third kappa shape index (κ3) is 3.17. The zero-order valence-corrected chi connectivity index (χ0v) is 13.5. The molecule has 3 aromatic rings. The van der Waals surface area contributed by atoms with Crippen LogP contribution in [0.4, 0.5) is 8.78 Å². The number of amides is 1. The van der Waals surface area contributed by atoms with Gasteiger partial charge in [-0.3, -0.25) is 9.78 Å². The van der Waals surface area contributed by atoms with Crippen molar-refractivity contribution >= 4 is 5.91 Å². The van der Waals surface area contributed by atoms with Gasteiger partial charge < -0.3 is 9.32 Å². The minimum absolute atomic E-state index is 0.0162. The molecule has 0 aromatic carbocycles. The Morgan fingerprint density at radius 3 is 2.85 bits per heavy atom. The molecule has 0 bridgehead atoms. The van der Waals surface area contributed by atoms with Crippen LogP contribution < -0.4 is 0 Å². The minimum Gasteiger partial charge on any atom is -0.448 e. The monoisotopic (exact) mass is 360 g/mol. The van der Waals surface area contributed by atoms with E-state index in [0.717, 1.165) is 0 Å². The Kier molecular flexibility index (Phi) is 4.15. The second kappa shape index (κ2) is 6.62. The predicted octanol–water partition coefficient (Wildman–Crippen LogP) is 1.56. The summed E-state index contributed by atoms with van der Waals surface area (Å²) in [5, 5.41) is 7.81. The fourth-order valence-corrected chi connectivity index (χ4v) is 2.74. The normalized spacial score (nSPS) is 17.0. The third-order valence-electron chi connectivity index (χ3n) is 4.06. The molecule has 0 spiro atoms. The summed E-state index contributed by atoms with van der Waals surface area (Å²) < 4.78 is 32.7. The molecule has 4 rings (SSSR count). The molecule has 1 unspecified atom stereocenters. The molecule has 8 nitrogen and oxygen atoms in total. The van der Waals surface area contributed by atoms with Crippen LogP contribution in [0.5, 0.6) is 0 Å². The molecule has 1 atom stereocenters. The Bertz CT molecular complexity index is 927. The van der Waals surface area contributed by atoms with Crippen LogP contribution in [0.15, 0.2) is 35.3 Å². The van der Waals surface area contributed by atoms with E-state index in [1.165, 1.54) is 40.6 Å². The lowest BCUT2D eigenvalue weighted by atomic mass is 10.2. The molecule has 1 saturated heterocycles. The fraction of sp³-hybridized carbons (Fsp3) is 0.312. The average molecular weight is 360 g/mol. The van der Waals surface area contributed by atoms with Gasteiger partial charge in [-0.2, -0.15) is 10.2 Å². The van der Waals surface area contributed by atoms with Gasteiger partial charge in [-0.1, -0.05) is 0 Å². The summed E-state index contributed by atoms with van der Waals surface area (Å²) in [6, 6.07) is 1.25. The molecule has 0 N–H and O–H groups in total. The van der Waals surface area contributed by atoms with Crippen molar-refractivity contribution in [3.8, 4) is 5.69 Å². The first-order valence-electron chi connectivity index (χ1n) is 7.99. The van der Waals surface area contributed by atoms with Crippen LogP contribution in [0.2, 0.25) is 0 Å². The standard InChI is InChI=1S/C16H14F2N6O2/c17-10-1-4-23(8-10)16(25)14-9-26-15(22-14)6-13-12(18)5-11(7-19-13)24-20-2-3-21-24/h2-3,5,7,9-10H,1,4,6,8H2. The maximum absolute atomic E-state index is 14.3. The highest BCUT2D eigenvalue weighted by Crippen LogP contribution is 2.17. The number of hydrogen-bond donors (Lipinski definition) is 0. The summed E-state index contributed by atoms with van der Waals surface area (Å²) >= 11 is 0. The highest BCUT2D eigenvalue weighted by molar-refractivity contribution is 5.92. The summed E-state index contributed by atoms with van der Waals surface area (Å²) in [6.45, 7) is 0.404. The van der Waals surface area contributed by atoms with E-state index in [0.29, 0.717) is 18.7 Å². The lowest BCUT2D eigenvalue weighted by Gasteiger charge is -2.12. The second-order valence-corrected chi connectivity index (χ2v) is 5.88. The van der Waals surface area contributed by atoms with Crippen molar-refractivity contribution < 1.29 is 18.0 Å². The largest absolute Gasteiger partial charge is 0.448 e. The molecule has 0 radical (unpaired) electrons. The lowest BCUT2D eigenvalue weighted by molar-refractivity contribution is 0.0777. The van der Waals surface area contributed by atoms with Crippen LogP contribution in [-0.2, 0) is 6.42 Å². The molecule has 1 fully saturated rings. The molecule has 26 heavy (non-hydrogen) atoms. The molecule has 0 aliphatic carbocycles. The molecule has 3 aromatic heterocycles. The quantitative estimate of drug-likeness (QED) is 0.701. The van der Waals surface area contributed by atoms with Crippen LogP contribution >= 0.6 is 0 Å². The van der Waals surface area contributed by atoms with Crippen molar-refractivity contribution in [3.05, 3.63) is 54.0 Å². The van der Waals surface area contributed by atoms with E-state index in [4.69, 9.17) is 4.42 Å². The van der Waals surface area contributed by atoms with Gasteiger partial charge >= 0.3 is 0 Å². The lowest BCUT2D eigenvalue weighted by Crippen LogP contribution is -2.29. The number of nitrogens with zero attached hydrogens (tertiary/aromatic N) is 6. The van der Waals surface area contributed by atoms with Crippen LogP contribution in [0.1, 0.15) is 28.5 Å². The Morgan fingerprint density at radius 2 is 2.15 bits per heavy atom. The van der Waals surface area contributed by atoms with Crippen molar-refractivity contribution in [2.45, 2.75) is 19.0 Å². The van der Waals surface area contributed by atoms with E-state index in [9.17, 15) is 13.6 Å². The number of carbonyl (C=O) groups excluding carboxylic acids is 1. The Balaban J connectivity index is 1.48. The molecule has 1 aliphatic rings. The van der Waals surface area contributed by atoms with Crippen molar-refractivity contribution in [2.24, 2.45) is 0 Å². The summed E-state index contributed by atoms with van der Waals surface area (Å²) in [5.74, 6) is -0.805.